The van der Waals surface area contributed by atoms with Crippen molar-refractivity contribution in [3.8, 4) is 0 Å². The molecule has 0 spiro atoms. The predicted octanol–water partition coefficient (Wildman–Crippen LogP) is 1.88. The molecule has 1 aliphatic rings. The smallest absolute Gasteiger partial charge is 0.225 e. The summed E-state index contributed by atoms with van der Waals surface area (Å²) in [6, 6.07) is 2.95. The first-order valence-electron chi connectivity index (χ1n) is 7.91. The Kier molecular flexibility index (Phi) is 4.62. The van der Waals surface area contributed by atoms with Crippen molar-refractivity contribution in [1.82, 2.24) is 20.4 Å². The predicted molar refractivity (Wildman–Crippen MR) is 85.2 cm³/mol. The third-order valence-corrected chi connectivity index (χ3v) is 4.50. The summed E-state index contributed by atoms with van der Waals surface area (Å²) in [6.45, 7) is 2.78. The molecule has 1 amide bonds. The fourth-order valence-corrected chi connectivity index (χ4v) is 3.25. The molecule has 1 unspecified atom stereocenters. The molecule has 128 valence electrons. The Bertz CT molecular complexity index is 726. The molecule has 0 saturated carbocycles. The fourth-order valence-electron chi connectivity index (χ4n) is 3.25. The van der Waals surface area contributed by atoms with Crippen LogP contribution in [-0.4, -0.2) is 28.8 Å². The van der Waals surface area contributed by atoms with Gasteiger partial charge in [-0.3, -0.25) is 9.48 Å². The molecule has 1 aliphatic heterocycles. The molecule has 0 bridgehead atoms. The maximum atomic E-state index is 13.9. The normalized spacial score (nSPS) is 21.7. The first-order valence-corrected chi connectivity index (χ1v) is 7.91. The molecule has 1 fully saturated rings. The summed E-state index contributed by atoms with van der Waals surface area (Å²) in [6.07, 6.45) is 3.63. The van der Waals surface area contributed by atoms with Crippen LogP contribution in [0.4, 0.5) is 8.78 Å². The van der Waals surface area contributed by atoms with Crippen LogP contribution in [0.5, 0.6) is 0 Å². The van der Waals surface area contributed by atoms with Crippen LogP contribution in [0.1, 0.15) is 30.0 Å². The highest BCUT2D eigenvalue weighted by Gasteiger charge is 2.35. The maximum absolute atomic E-state index is 13.9. The summed E-state index contributed by atoms with van der Waals surface area (Å²) in [5, 5.41) is 10.1. The summed E-state index contributed by atoms with van der Waals surface area (Å²) in [7, 11) is 1.82. The molecule has 24 heavy (non-hydrogen) atoms. The van der Waals surface area contributed by atoms with Gasteiger partial charge in [0.05, 0.1) is 18.2 Å². The summed E-state index contributed by atoms with van der Waals surface area (Å²) in [5.41, 5.74) is 0.863. The van der Waals surface area contributed by atoms with Crippen molar-refractivity contribution in [3.63, 3.8) is 0 Å². The number of nitrogens with zero attached hydrogens (tertiary/aromatic N) is 2. The minimum absolute atomic E-state index is 0.00336. The van der Waals surface area contributed by atoms with E-state index in [1.807, 2.05) is 13.2 Å². The van der Waals surface area contributed by atoms with Gasteiger partial charge in [-0.25, -0.2) is 8.78 Å². The van der Waals surface area contributed by atoms with Crippen molar-refractivity contribution in [2.45, 2.75) is 18.9 Å². The second kappa shape index (κ2) is 6.68. The van der Waals surface area contributed by atoms with Gasteiger partial charge in [0, 0.05) is 37.8 Å². The van der Waals surface area contributed by atoms with Crippen molar-refractivity contribution in [1.29, 1.82) is 0 Å². The van der Waals surface area contributed by atoms with E-state index < -0.39 is 17.7 Å². The zero-order chi connectivity index (χ0) is 17.3. The lowest BCUT2D eigenvalue weighted by atomic mass is 9.90. The van der Waals surface area contributed by atoms with Crippen LogP contribution < -0.4 is 10.6 Å². The van der Waals surface area contributed by atoms with Crippen LogP contribution in [0, 0.1) is 17.6 Å². The number of nitrogens with one attached hydrogen (secondary N) is 2. The van der Waals surface area contributed by atoms with Gasteiger partial charge in [-0.15, -0.1) is 0 Å². The van der Waals surface area contributed by atoms with Gasteiger partial charge in [0.25, 0.3) is 0 Å². The van der Waals surface area contributed by atoms with E-state index in [1.165, 1.54) is 18.2 Å². The highest BCUT2D eigenvalue weighted by Crippen LogP contribution is 2.29. The Hall–Kier alpha value is -2.28. The molecule has 2 N–H and O–H groups in total. The Morgan fingerprint density at radius 2 is 2.08 bits per heavy atom. The average molecular weight is 334 g/mol. The minimum Gasteiger partial charge on any atom is -0.349 e. The molecular formula is C17H20F2N4O. The molecule has 5 nitrogen and oxygen atoms in total. The van der Waals surface area contributed by atoms with Crippen molar-refractivity contribution in [2.75, 3.05) is 13.1 Å². The Balaban J connectivity index is 1.74. The van der Waals surface area contributed by atoms with Gasteiger partial charge in [-0.05, 0) is 24.6 Å². The standard InChI is InChI=1S/C17H20F2N4O/c1-10(16-14(18)4-3-5-15(16)19)22-17(24)13-8-20-7-12(13)11-6-21-23(2)9-11/h3-6,9-10,12-13,20H,7-8H2,1-2H3,(H,22,24)/t10?,12-,13+/m1/s1. The number of hydrogen-bond acceptors (Lipinski definition) is 3. The first-order chi connectivity index (χ1) is 11.5. The number of carbonyl (C=O) groups is 1. The van der Waals surface area contributed by atoms with E-state index in [1.54, 1.807) is 17.8 Å². The molecule has 1 saturated heterocycles. The SMILES string of the molecule is CC(NC(=O)[C@H]1CNC[C@@H]1c1cnn(C)c1)c1c(F)cccc1F. The zero-order valence-corrected chi connectivity index (χ0v) is 13.6. The third-order valence-electron chi connectivity index (χ3n) is 4.50. The van der Waals surface area contributed by atoms with Crippen LogP contribution in [0.25, 0.3) is 0 Å². The largest absolute Gasteiger partial charge is 0.349 e. The van der Waals surface area contributed by atoms with Gasteiger partial charge < -0.3 is 10.6 Å². The van der Waals surface area contributed by atoms with Crippen molar-refractivity contribution >= 4 is 5.91 Å². The molecule has 0 aliphatic carbocycles. The number of benzene rings is 1. The Labute approximate surface area is 139 Å². The number of amides is 1. The van der Waals surface area contributed by atoms with Gasteiger partial charge in [-0.2, -0.15) is 5.10 Å². The van der Waals surface area contributed by atoms with Gasteiger partial charge in [0.2, 0.25) is 5.91 Å². The van der Waals surface area contributed by atoms with Gasteiger partial charge in [0.15, 0.2) is 0 Å². The Morgan fingerprint density at radius 3 is 2.71 bits per heavy atom. The molecule has 1 aromatic carbocycles. The average Bonchev–Trinajstić information content (AvgIpc) is 3.15. The monoisotopic (exact) mass is 334 g/mol. The minimum atomic E-state index is -0.742. The van der Waals surface area contributed by atoms with E-state index in [0.29, 0.717) is 13.1 Å². The number of hydrogen-bond donors (Lipinski definition) is 2. The number of aromatic nitrogens is 2. The highest BCUT2D eigenvalue weighted by atomic mass is 19.1. The molecule has 2 aromatic rings. The van der Waals surface area contributed by atoms with E-state index in [-0.39, 0.29) is 23.3 Å². The summed E-state index contributed by atoms with van der Waals surface area (Å²) < 4.78 is 29.4. The molecule has 2 heterocycles. The number of halogens is 2. The fraction of sp³-hybridized carbons (Fsp3) is 0.412. The molecule has 1 aromatic heterocycles. The van der Waals surface area contributed by atoms with E-state index in [4.69, 9.17) is 0 Å². The number of rotatable bonds is 4. The second-order valence-electron chi connectivity index (χ2n) is 6.18. The summed E-state index contributed by atoms with van der Waals surface area (Å²) in [4.78, 5) is 12.6. The molecule has 0 radical (unpaired) electrons. The van der Waals surface area contributed by atoms with E-state index in [2.05, 4.69) is 15.7 Å². The maximum Gasteiger partial charge on any atom is 0.225 e. The summed E-state index contributed by atoms with van der Waals surface area (Å²) >= 11 is 0. The van der Waals surface area contributed by atoms with E-state index in [9.17, 15) is 13.6 Å². The summed E-state index contributed by atoms with van der Waals surface area (Å²) in [5.74, 6) is -1.83. The van der Waals surface area contributed by atoms with Crippen molar-refractivity contribution in [3.05, 3.63) is 53.4 Å². The topological polar surface area (TPSA) is 59.0 Å². The van der Waals surface area contributed by atoms with Crippen LogP contribution in [0.2, 0.25) is 0 Å². The molecular weight excluding hydrogens is 314 g/mol. The molecule has 3 atom stereocenters. The third kappa shape index (κ3) is 3.17. The van der Waals surface area contributed by atoms with Crippen molar-refractivity contribution < 1.29 is 13.6 Å². The van der Waals surface area contributed by atoms with Gasteiger partial charge in [-0.1, -0.05) is 6.07 Å². The van der Waals surface area contributed by atoms with Gasteiger partial charge >= 0.3 is 0 Å². The lowest BCUT2D eigenvalue weighted by Gasteiger charge is -2.21. The second-order valence-corrected chi connectivity index (χ2v) is 6.18. The molecule has 3 rings (SSSR count). The highest BCUT2D eigenvalue weighted by molar-refractivity contribution is 5.81. The van der Waals surface area contributed by atoms with Crippen molar-refractivity contribution in [2.24, 2.45) is 13.0 Å². The first kappa shape index (κ1) is 16.6. The van der Waals surface area contributed by atoms with Crippen LogP contribution in [0.15, 0.2) is 30.6 Å². The van der Waals surface area contributed by atoms with Gasteiger partial charge in [0.1, 0.15) is 11.6 Å². The van der Waals surface area contributed by atoms with E-state index >= 15 is 0 Å². The number of carbonyl (C=O) groups excluding carboxylic acids is 1. The zero-order valence-electron chi connectivity index (χ0n) is 13.6. The number of aryl methyl sites for hydroxylation is 1. The lowest BCUT2D eigenvalue weighted by Crippen LogP contribution is -2.36. The van der Waals surface area contributed by atoms with Crippen LogP contribution in [-0.2, 0) is 11.8 Å². The van der Waals surface area contributed by atoms with Crippen LogP contribution >= 0.6 is 0 Å². The van der Waals surface area contributed by atoms with Crippen LogP contribution in [0.3, 0.4) is 0 Å². The van der Waals surface area contributed by atoms with E-state index in [0.717, 1.165) is 5.56 Å². The quantitative estimate of drug-likeness (QED) is 0.898. The lowest BCUT2D eigenvalue weighted by molar-refractivity contribution is -0.125. The Morgan fingerprint density at radius 1 is 1.38 bits per heavy atom. The molecule has 7 heteroatoms.